The number of carbonyl (C=O) groups is 2. The van der Waals surface area contributed by atoms with Gasteiger partial charge in [-0.1, -0.05) is 13.8 Å². The second-order valence-corrected chi connectivity index (χ2v) is 5.54. The fourth-order valence-electron chi connectivity index (χ4n) is 2.33. The normalized spacial score (nSPS) is 18.4. The van der Waals surface area contributed by atoms with Crippen LogP contribution in [-0.4, -0.2) is 30.5 Å². The molecule has 1 aliphatic rings. The van der Waals surface area contributed by atoms with E-state index in [0.29, 0.717) is 23.5 Å². The fraction of sp³-hybridized carbons (Fsp3) is 0.500. The fourth-order valence-corrected chi connectivity index (χ4v) is 2.33. The molecule has 0 aromatic heterocycles. The van der Waals surface area contributed by atoms with Crippen molar-refractivity contribution in [2.45, 2.75) is 45.8 Å². The Balaban J connectivity index is 2.26. The third kappa shape index (κ3) is 3.32. The molecule has 2 atom stereocenters. The van der Waals surface area contributed by atoms with Crippen molar-refractivity contribution in [2.24, 2.45) is 0 Å². The first-order valence-corrected chi connectivity index (χ1v) is 7.63. The number of nitrogens with two attached hydrogens (primary N) is 1. The summed E-state index contributed by atoms with van der Waals surface area (Å²) in [6.45, 7) is 5.77. The highest BCUT2D eigenvalue weighted by molar-refractivity contribution is 6.04. The summed E-state index contributed by atoms with van der Waals surface area (Å²) in [6.07, 6.45) is 0.822. The molecule has 1 aromatic rings. The van der Waals surface area contributed by atoms with Gasteiger partial charge in [0.05, 0.1) is 5.69 Å². The Kier molecular flexibility index (Phi) is 4.90. The zero-order chi connectivity index (χ0) is 16.3. The summed E-state index contributed by atoms with van der Waals surface area (Å²) < 4.78 is 5.68. The summed E-state index contributed by atoms with van der Waals surface area (Å²) >= 11 is 0. The van der Waals surface area contributed by atoms with Crippen LogP contribution in [0.1, 0.15) is 33.6 Å². The summed E-state index contributed by atoms with van der Waals surface area (Å²) in [7, 11) is 0. The third-order valence-corrected chi connectivity index (χ3v) is 3.78. The van der Waals surface area contributed by atoms with E-state index < -0.39 is 6.10 Å². The van der Waals surface area contributed by atoms with Gasteiger partial charge in [-0.2, -0.15) is 0 Å². The third-order valence-electron chi connectivity index (χ3n) is 3.78. The Labute approximate surface area is 130 Å². The number of nitrogen functional groups attached to an aromatic ring is 1. The average molecular weight is 305 g/mol. The van der Waals surface area contributed by atoms with E-state index in [1.807, 2.05) is 20.8 Å². The van der Waals surface area contributed by atoms with Crippen molar-refractivity contribution in [3.63, 3.8) is 0 Å². The van der Waals surface area contributed by atoms with Gasteiger partial charge in [0.2, 0.25) is 5.91 Å². The van der Waals surface area contributed by atoms with Crippen LogP contribution in [0.2, 0.25) is 0 Å². The van der Waals surface area contributed by atoms with E-state index in [9.17, 15) is 9.59 Å². The molecule has 3 N–H and O–H groups in total. The molecular formula is C16H23N3O3. The highest BCUT2D eigenvalue weighted by Crippen LogP contribution is 2.36. The lowest BCUT2D eigenvalue weighted by Gasteiger charge is -2.34. The average Bonchev–Trinajstić information content (AvgIpc) is 2.50. The standard InChI is InChI=1S/C16H23N3O3/c1-4-10(3)18-15(20)9-19-12-8-11(17)6-7-14(12)22-13(5-2)16(19)21/h6-8,10,13H,4-5,9,17H2,1-3H3,(H,18,20). The van der Waals surface area contributed by atoms with E-state index in [1.54, 1.807) is 18.2 Å². The number of benzene rings is 1. The molecule has 2 amide bonds. The summed E-state index contributed by atoms with van der Waals surface area (Å²) in [5.41, 5.74) is 6.87. The van der Waals surface area contributed by atoms with Gasteiger partial charge in [-0.05, 0) is 38.0 Å². The minimum Gasteiger partial charge on any atom is -0.478 e. The maximum Gasteiger partial charge on any atom is 0.268 e. The molecule has 6 heteroatoms. The van der Waals surface area contributed by atoms with E-state index in [1.165, 1.54) is 4.90 Å². The Morgan fingerprint density at radius 2 is 2.18 bits per heavy atom. The van der Waals surface area contributed by atoms with Gasteiger partial charge in [-0.15, -0.1) is 0 Å². The van der Waals surface area contributed by atoms with E-state index in [0.717, 1.165) is 6.42 Å². The minimum absolute atomic E-state index is 0.0283. The van der Waals surface area contributed by atoms with Gasteiger partial charge in [0, 0.05) is 11.7 Å². The highest BCUT2D eigenvalue weighted by Gasteiger charge is 2.34. The number of amides is 2. The van der Waals surface area contributed by atoms with Crippen molar-refractivity contribution in [1.82, 2.24) is 5.32 Å². The first kappa shape index (κ1) is 16.1. The Morgan fingerprint density at radius 1 is 1.45 bits per heavy atom. The monoisotopic (exact) mass is 305 g/mol. The van der Waals surface area contributed by atoms with Crippen LogP contribution in [0.3, 0.4) is 0 Å². The number of fused-ring (bicyclic) bond motifs is 1. The smallest absolute Gasteiger partial charge is 0.268 e. The summed E-state index contributed by atoms with van der Waals surface area (Å²) in [5, 5.41) is 2.87. The summed E-state index contributed by atoms with van der Waals surface area (Å²) in [5.74, 6) is 0.185. The van der Waals surface area contributed by atoms with E-state index in [2.05, 4.69) is 5.32 Å². The number of nitrogens with zero attached hydrogens (tertiary/aromatic N) is 1. The van der Waals surface area contributed by atoms with Crippen LogP contribution < -0.4 is 20.7 Å². The number of hydrogen-bond acceptors (Lipinski definition) is 4. The van der Waals surface area contributed by atoms with Crippen molar-refractivity contribution >= 4 is 23.2 Å². The van der Waals surface area contributed by atoms with Crippen LogP contribution in [0.15, 0.2) is 18.2 Å². The predicted molar refractivity (Wildman–Crippen MR) is 85.8 cm³/mol. The van der Waals surface area contributed by atoms with Gasteiger partial charge in [0.25, 0.3) is 5.91 Å². The van der Waals surface area contributed by atoms with Gasteiger partial charge in [0.1, 0.15) is 12.3 Å². The first-order chi connectivity index (χ1) is 10.5. The number of anilines is 2. The molecule has 0 aliphatic carbocycles. The van der Waals surface area contributed by atoms with Crippen LogP contribution in [0, 0.1) is 0 Å². The number of carbonyl (C=O) groups excluding carboxylic acids is 2. The minimum atomic E-state index is -0.562. The largest absolute Gasteiger partial charge is 0.478 e. The molecule has 22 heavy (non-hydrogen) atoms. The lowest BCUT2D eigenvalue weighted by molar-refractivity contribution is -0.129. The number of hydrogen-bond donors (Lipinski definition) is 2. The molecule has 0 spiro atoms. The van der Waals surface area contributed by atoms with Gasteiger partial charge in [-0.3, -0.25) is 14.5 Å². The van der Waals surface area contributed by atoms with Crippen molar-refractivity contribution in [3.8, 4) is 5.75 Å². The van der Waals surface area contributed by atoms with Crippen LogP contribution >= 0.6 is 0 Å². The lowest BCUT2D eigenvalue weighted by atomic mass is 10.1. The van der Waals surface area contributed by atoms with Crippen LogP contribution in [0.5, 0.6) is 5.75 Å². The van der Waals surface area contributed by atoms with Crippen molar-refractivity contribution in [3.05, 3.63) is 18.2 Å². The predicted octanol–water partition coefficient (Wildman–Crippen LogP) is 1.69. The Bertz CT molecular complexity index is 574. The Morgan fingerprint density at radius 3 is 2.82 bits per heavy atom. The summed E-state index contributed by atoms with van der Waals surface area (Å²) in [4.78, 5) is 26.1. The lowest BCUT2D eigenvalue weighted by Crippen LogP contribution is -2.50. The van der Waals surface area contributed by atoms with Crippen LogP contribution in [0.4, 0.5) is 11.4 Å². The zero-order valence-electron chi connectivity index (χ0n) is 13.3. The van der Waals surface area contributed by atoms with Crippen molar-refractivity contribution in [1.29, 1.82) is 0 Å². The molecule has 1 heterocycles. The molecule has 6 nitrogen and oxygen atoms in total. The number of rotatable bonds is 5. The van der Waals surface area contributed by atoms with Crippen LogP contribution in [-0.2, 0) is 9.59 Å². The van der Waals surface area contributed by atoms with Gasteiger partial charge in [0.15, 0.2) is 6.10 Å². The molecule has 0 saturated heterocycles. The van der Waals surface area contributed by atoms with E-state index in [-0.39, 0.29) is 24.4 Å². The second-order valence-electron chi connectivity index (χ2n) is 5.54. The quantitative estimate of drug-likeness (QED) is 0.811. The van der Waals surface area contributed by atoms with E-state index in [4.69, 9.17) is 10.5 Å². The second kappa shape index (κ2) is 6.68. The molecule has 0 bridgehead atoms. The molecular weight excluding hydrogens is 282 g/mol. The molecule has 0 fully saturated rings. The van der Waals surface area contributed by atoms with Crippen molar-refractivity contribution in [2.75, 3.05) is 17.2 Å². The first-order valence-electron chi connectivity index (χ1n) is 7.63. The van der Waals surface area contributed by atoms with Gasteiger partial charge < -0.3 is 15.8 Å². The number of ether oxygens (including phenoxy) is 1. The maximum absolute atomic E-state index is 12.5. The molecule has 2 unspecified atom stereocenters. The SMILES string of the molecule is CCC(C)NC(=O)CN1C(=O)C(CC)Oc2ccc(N)cc21. The summed E-state index contributed by atoms with van der Waals surface area (Å²) in [6, 6.07) is 5.19. The molecule has 2 rings (SSSR count). The van der Waals surface area contributed by atoms with Gasteiger partial charge in [-0.25, -0.2) is 0 Å². The molecule has 120 valence electrons. The highest BCUT2D eigenvalue weighted by atomic mass is 16.5. The van der Waals surface area contributed by atoms with E-state index >= 15 is 0 Å². The molecule has 0 radical (unpaired) electrons. The molecule has 0 saturated carbocycles. The Hall–Kier alpha value is -2.24. The topological polar surface area (TPSA) is 84.7 Å². The van der Waals surface area contributed by atoms with Crippen molar-refractivity contribution < 1.29 is 14.3 Å². The van der Waals surface area contributed by atoms with Crippen LogP contribution in [0.25, 0.3) is 0 Å². The zero-order valence-corrected chi connectivity index (χ0v) is 13.3. The maximum atomic E-state index is 12.5. The van der Waals surface area contributed by atoms with Gasteiger partial charge >= 0.3 is 0 Å². The molecule has 1 aromatic carbocycles. The number of nitrogens with one attached hydrogen (secondary N) is 1. The molecule has 1 aliphatic heterocycles.